The Balaban J connectivity index is 2.04. The molecule has 106 valence electrons. The van der Waals surface area contributed by atoms with Gasteiger partial charge in [-0.1, -0.05) is 0 Å². The molecule has 1 aliphatic heterocycles. The molecular weight excluding hydrogens is 244 g/mol. The van der Waals surface area contributed by atoms with Crippen molar-refractivity contribution < 1.29 is 9.47 Å². The largest absolute Gasteiger partial charge is 0.474 e. The number of nitrogens with one attached hydrogen (secondary N) is 1. The molecule has 19 heavy (non-hydrogen) atoms. The summed E-state index contributed by atoms with van der Waals surface area (Å²) in [5.41, 5.74) is 0. The van der Waals surface area contributed by atoms with E-state index in [0.717, 1.165) is 25.5 Å². The number of anilines is 1. The molecule has 1 aromatic rings. The molecule has 1 unspecified atom stereocenters. The monoisotopic (exact) mass is 266 g/mol. The molecule has 1 N–H and O–H groups in total. The van der Waals surface area contributed by atoms with Gasteiger partial charge in [-0.25, -0.2) is 0 Å². The van der Waals surface area contributed by atoms with Gasteiger partial charge in [0, 0.05) is 19.6 Å². The van der Waals surface area contributed by atoms with Crippen molar-refractivity contribution in [1.29, 1.82) is 0 Å². The molecule has 1 fully saturated rings. The van der Waals surface area contributed by atoms with E-state index in [2.05, 4.69) is 20.2 Å². The summed E-state index contributed by atoms with van der Waals surface area (Å²) in [7, 11) is 1.93. The Hall–Kier alpha value is -1.40. The van der Waals surface area contributed by atoms with Crippen LogP contribution in [0.3, 0.4) is 0 Å². The highest BCUT2D eigenvalue weighted by Crippen LogP contribution is 2.17. The van der Waals surface area contributed by atoms with Crippen LogP contribution in [0.4, 0.5) is 5.82 Å². The first-order valence-electron chi connectivity index (χ1n) is 6.69. The predicted octanol–water partition coefficient (Wildman–Crippen LogP) is 0.688. The summed E-state index contributed by atoms with van der Waals surface area (Å²) < 4.78 is 11.3. The smallest absolute Gasteiger partial charge is 0.234 e. The number of rotatable bonds is 5. The molecule has 0 spiro atoms. The summed E-state index contributed by atoms with van der Waals surface area (Å²) >= 11 is 0. The van der Waals surface area contributed by atoms with Crippen LogP contribution in [0.2, 0.25) is 0 Å². The van der Waals surface area contributed by atoms with Crippen molar-refractivity contribution in [2.45, 2.75) is 26.1 Å². The van der Waals surface area contributed by atoms with Crippen molar-refractivity contribution in [3.63, 3.8) is 0 Å². The topological polar surface area (TPSA) is 59.5 Å². The molecular formula is C13H22N4O2. The van der Waals surface area contributed by atoms with E-state index >= 15 is 0 Å². The first-order valence-corrected chi connectivity index (χ1v) is 6.69. The van der Waals surface area contributed by atoms with Gasteiger partial charge in [-0.15, -0.1) is 0 Å². The summed E-state index contributed by atoms with van der Waals surface area (Å²) in [6.45, 7) is 7.16. The molecule has 1 aromatic heterocycles. The summed E-state index contributed by atoms with van der Waals surface area (Å²) in [5.74, 6) is 1.42. The number of nitrogens with zero attached hydrogens (tertiary/aromatic N) is 3. The quantitative estimate of drug-likeness (QED) is 0.846. The molecule has 1 aliphatic rings. The maximum absolute atomic E-state index is 5.68. The van der Waals surface area contributed by atoms with E-state index in [4.69, 9.17) is 9.47 Å². The number of aromatic nitrogens is 2. The molecule has 2 rings (SSSR count). The molecule has 6 nitrogen and oxygen atoms in total. The summed E-state index contributed by atoms with van der Waals surface area (Å²) in [4.78, 5) is 10.9. The molecule has 0 radical (unpaired) electrons. The Bertz CT molecular complexity index is 398. The van der Waals surface area contributed by atoms with E-state index < -0.39 is 0 Å². The fourth-order valence-corrected chi connectivity index (χ4v) is 2.07. The van der Waals surface area contributed by atoms with Crippen molar-refractivity contribution in [2.75, 3.05) is 38.2 Å². The Labute approximate surface area is 114 Å². The Kier molecular flexibility index (Phi) is 4.93. The molecule has 6 heteroatoms. The van der Waals surface area contributed by atoms with Gasteiger partial charge in [-0.2, -0.15) is 4.98 Å². The van der Waals surface area contributed by atoms with Crippen molar-refractivity contribution in [3.05, 3.63) is 12.4 Å². The summed E-state index contributed by atoms with van der Waals surface area (Å²) in [6.07, 6.45) is 3.71. The van der Waals surface area contributed by atoms with Gasteiger partial charge in [0.1, 0.15) is 0 Å². The molecule has 0 bridgehead atoms. The maximum Gasteiger partial charge on any atom is 0.234 e. The summed E-state index contributed by atoms with van der Waals surface area (Å²) in [6, 6.07) is 0. The van der Waals surface area contributed by atoms with Crippen LogP contribution in [0.1, 0.15) is 13.8 Å². The second-order valence-corrected chi connectivity index (χ2v) is 4.88. The van der Waals surface area contributed by atoms with Crippen LogP contribution in [0, 0.1) is 0 Å². The summed E-state index contributed by atoms with van der Waals surface area (Å²) in [5, 5.41) is 3.13. The minimum atomic E-state index is 0.103. The van der Waals surface area contributed by atoms with Crippen LogP contribution in [-0.2, 0) is 4.74 Å². The highest BCUT2D eigenvalue weighted by Gasteiger charge is 2.21. The van der Waals surface area contributed by atoms with E-state index in [1.807, 2.05) is 20.9 Å². The minimum Gasteiger partial charge on any atom is -0.474 e. The second kappa shape index (κ2) is 6.68. The van der Waals surface area contributed by atoms with Crippen LogP contribution < -0.4 is 15.0 Å². The second-order valence-electron chi connectivity index (χ2n) is 4.88. The molecule has 0 aromatic carbocycles. The zero-order chi connectivity index (χ0) is 13.7. The SMILES string of the molecule is CNCC1CN(c2cncc(OC(C)C)n2)CCO1. The molecule has 0 saturated carbocycles. The lowest BCUT2D eigenvalue weighted by Gasteiger charge is -2.33. The number of morpholine rings is 1. The molecule has 1 atom stereocenters. The van der Waals surface area contributed by atoms with E-state index in [-0.39, 0.29) is 12.2 Å². The van der Waals surface area contributed by atoms with Crippen molar-refractivity contribution >= 4 is 5.82 Å². The number of hydrogen-bond donors (Lipinski definition) is 1. The third-order valence-electron chi connectivity index (χ3n) is 2.85. The van der Waals surface area contributed by atoms with E-state index in [0.29, 0.717) is 12.5 Å². The predicted molar refractivity (Wildman–Crippen MR) is 73.7 cm³/mol. The average molecular weight is 266 g/mol. The first kappa shape index (κ1) is 14.0. The van der Waals surface area contributed by atoms with Crippen LogP contribution in [-0.4, -0.2) is 55.5 Å². The van der Waals surface area contributed by atoms with E-state index in [1.165, 1.54) is 0 Å². The lowest BCUT2D eigenvalue weighted by molar-refractivity contribution is 0.0418. The number of ether oxygens (including phenoxy) is 2. The van der Waals surface area contributed by atoms with Gasteiger partial charge in [0.25, 0.3) is 0 Å². The number of likely N-dealkylation sites (N-methyl/N-ethyl adjacent to an activating group) is 1. The Morgan fingerprint density at radius 2 is 2.37 bits per heavy atom. The third-order valence-corrected chi connectivity index (χ3v) is 2.85. The minimum absolute atomic E-state index is 0.103. The zero-order valence-electron chi connectivity index (χ0n) is 11.8. The number of hydrogen-bond acceptors (Lipinski definition) is 6. The maximum atomic E-state index is 5.68. The lowest BCUT2D eigenvalue weighted by atomic mass is 10.2. The van der Waals surface area contributed by atoms with Gasteiger partial charge in [0.15, 0.2) is 5.82 Å². The Morgan fingerprint density at radius 1 is 1.53 bits per heavy atom. The highest BCUT2D eigenvalue weighted by atomic mass is 16.5. The average Bonchev–Trinajstić information content (AvgIpc) is 2.39. The van der Waals surface area contributed by atoms with Crippen molar-refractivity contribution in [1.82, 2.24) is 15.3 Å². The zero-order valence-corrected chi connectivity index (χ0v) is 11.8. The standard InChI is InChI=1S/C13H22N4O2/c1-10(2)19-13-8-15-7-12(16-13)17-4-5-18-11(9-17)6-14-3/h7-8,10-11,14H,4-6,9H2,1-3H3. The molecule has 0 aliphatic carbocycles. The lowest BCUT2D eigenvalue weighted by Crippen LogP contribution is -2.46. The van der Waals surface area contributed by atoms with Crippen LogP contribution in [0.5, 0.6) is 5.88 Å². The Morgan fingerprint density at radius 3 is 3.11 bits per heavy atom. The van der Waals surface area contributed by atoms with Crippen molar-refractivity contribution in [2.24, 2.45) is 0 Å². The van der Waals surface area contributed by atoms with Gasteiger partial charge < -0.3 is 19.7 Å². The van der Waals surface area contributed by atoms with Crippen LogP contribution in [0.15, 0.2) is 12.4 Å². The van der Waals surface area contributed by atoms with E-state index in [9.17, 15) is 0 Å². The van der Waals surface area contributed by atoms with Crippen LogP contribution in [0.25, 0.3) is 0 Å². The fourth-order valence-electron chi connectivity index (χ4n) is 2.07. The van der Waals surface area contributed by atoms with Gasteiger partial charge in [0.2, 0.25) is 5.88 Å². The fraction of sp³-hybridized carbons (Fsp3) is 0.692. The van der Waals surface area contributed by atoms with Gasteiger partial charge in [-0.05, 0) is 20.9 Å². The first-order chi connectivity index (χ1) is 9.19. The van der Waals surface area contributed by atoms with Crippen LogP contribution >= 0.6 is 0 Å². The van der Waals surface area contributed by atoms with Gasteiger partial charge in [-0.3, -0.25) is 4.98 Å². The van der Waals surface area contributed by atoms with Gasteiger partial charge in [0.05, 0.1) is 31.2 Å². The van der Waals surface area contributed by atoms with Gasteiger partial charge >= 0.3 is 0 Å². The normalized spacial score (nSPS) is 19.8. The molecule has 1 saturated heterocycles. The highest BCUT2D eigenvalue weighted by molar-refractivity contribution is 5.38. The molecule has 0 amide bonds. The molecule has 2 heterocycles. The van der Waals surface area contributed by atoms with Crippen molar-refractivity contribution in [3.8, 4) is 5.88 Å². The third kappa shape index (κ3) is 4.04. The van der Waals surface area contributed by atoms with E-state index in [1.54, 1.807) is 12.4 Å².